The van der Waals surface area contributed by atoms with Crippen LogP contribution in [0.5, 0.6) is 0 Å². The molecule has 0 aliphatic rings. The molecule has 0 saturated heterocycles. The van der Waals surface area contributed by atoms with Crippen molar-refractivity contribution in [1.82, 2.24) is 14.9 Å². The molecule has 1 atom stereocenters. The molecule has 0 bridgehead atoms. The van der Waals surface area contributed by atoms with Crippen molar-refractivity contribution in [3.05, 3.63) is 18.7 Å². The van der Waals surface area contributed by atoms with Crippen LogP contribution < -0.4 is 5.32 Å². The number of imidazole rings is 1. The van der Waals surface area contributed by atoms with Gasteiger partial charge < -0.3 is 15.0 Å². The summed E-state index contributed by atoms with van der Waals surface area (Å²) in [5, 5.41) is 11.6. The third kappa shape index (κ3) is 4.20. The highest BCUT2D eigenvalue weighted by Crippen LogP contribution is 2.19. The molecule has 1 heterocycles. The summed E-state index contributed by atoms with van der Waals surface area (Å²) >= 11 is 0. The van der Waals surface area contributed by atoms with Crippen LogP contribution in [-0.4, -0.2) is 32.6 Å². The fraction of sp³-hybridized carbons (Fsp3) is 0.583. The number of carboxylic acids is 1. The monoisotopic (exact) mass is 253 g/mol. The van der Waals surface area contributed by atoms with E-state index in [0.29, 0.717) is 6.54 Å². The average Bonchev–Trinajstić information content (AvgIpc) is 2.73. The van der Waals surface area contributed by atoms with Crippen LogP contribution in [0.2, 0.25) is 0 Å². The third-order valence-electron chi connectivity index (χ3n) is 2.57. The van der Waals surface area contributed by atoms with Crippen molar-refractivity contribution in [3.63, 3.8) is 0 Å². The number of nitrogens with zero attached hydrogens (tertiary/aromatic N) is 2. The molecule has 100 valence electrons. The molecule has 6 nitrogen and oxygen atoms in total. The van der Waals surface area contributed by atoms with E-state index in [2.05, 4.69) is 10.3 Å². The first-order valence-electron chi connectivity index (χ1n) is 5.78. The van der Waals surface area contributed by atoms with E-state index in [1.54, 1.807) is 44.1 Å². The number of hydrogen-bond acceptors (Lipinski definition) is 3. The lowest BCUT2D eigenvalue weighted by Crippen LogP contribution is -2.49. The fourth-order valence-electron chi connectivity index (χ4n) is 1.53. The molecule has 0 aromatic carbocycles. The minimum Gasteiger partial charge on any atom is -0.480 e. The SMILES string of the molecule is CC(C)(C)[C@@H](NC(=O)CCn1ccnc1)C(=O)O. The van der Waals surface area contributed by atoms with Gasteiger partial charge in [-0.2, -0.15) is 0 Å². The second-order valence-corrected chi connectivity index (χ2v) is 5.26. The predicted molar refractivity (Wildman–Crippen MR) is 65.9 cm³/mol. The second-order valence-electron chi connectivity index (χ2n) is 5.26. The minimum absolute atomic E-state index is 0.232. The largest absolute Gasteiger partial charge is 0.480 e. The van der Waals surface area contributed by atoms with Crippen LogP contribution in [0.15, 0.2) is 18.7 Å². The van der Waals surface area contributed by atoms with Crippen molar-refractivity contribution >= 4 is 11.9 Å². The Bertz CT molecular complexity index is 407. The Hall–Kier alpha value is -1.85. The number of hydrogen-bond donors (Lipinski definition) is 2. The summed E-state index contributed by atoms with van der Waals surface area (Å²) in [6.45, 7) is 5.83. The van der Waals surface area contributed by atoms with E-state index in [1.165, 1.54) is 0 Å². The smallest absolute Gasteiger partial charge is 0.326 e. The molecule has 0 aliphatic carbocycles. The van der Waals surface area contributed by atoms with Crippen molar-refractivity contribution in [2.75, 3.05) is 0 Å². The third-order valence-corrected chi connectivity index (χ3v) is 2.57. The highest BCUT2D eigenvalue weighted by molar-refractivity contribution is 5.84. The predicted octanol–water partition coefficient (Wildman–Crippen LogP) is 0.889. The van der Waals surface area contributed by atoms with Crippen molar-refractivity contribution < 1.29 is 14.7 Å². The van der Waals surface area contributed by atoms with Crippen LogP contribution in [0.3, 0.4) is 0 Å². The Morgan fingerprint density at radius 1 is 1.44 bits per heavy atom. The molecule has 0 radical (unpaired) electrons. The quantitative estimate of drug-likeness (QED) is 0.816. The standard InChI is InChI=1S/C12H19N3O3/c1-12(2,3)10(11(17)18)14-9(16)4-6-15-7-5-13-8-15/h5,7-8,10H,4,6H2,1-3H3,(H,14,16)(H,17,18)/t10-/m0/s1. The Kier molecular flexibility index (Phi) is 4.47. The minimum atomic E-state index is -1.02. The van der Waals surface area contributed by atoms with Crippen LogP contribution in [0.4, 0.5) is 0 Å². The fourth-order valence-corrected chi connectivity index (χ4v) is 1.53. The first kappa shape index (κ1) is 14.2. The number of aryl methyl sites for hydroxylation is 1. The Morgan fingerprint density at radius 3 is 2.56 bits per heavy atom. The highest BCUT2D eigenvalue weighted by atomic mass is 16.4. The van der Waals surface area contributed by atoms with Crippen molar-refractivity contribution in [1.29, 1.82) is 0 Å². The van der Waals surface area contributed by atoms with Gasteiger partial charge in [-0.15, -0.1) is 0 Å². The average molecular weight is 253 g/mol. The molecule has 6 heteroatoms. The number of aromatic nitrogens is 2. The summed E-state index contributed by atoms with van der Waals surface area (Å²) in [5.74, 6) is -1.29. The Morgan fingerprint density at radius 2 is 2.11 bits per heavy atom. The number of amides is 1. The summed E-state index contributed by atoms with van der Waals surface area (Å²) in [6.07, 6.45) is 5.24. The van der Waals surface area contributed by atoms with Gasteiger partial charge in [-0.1, -0.05) is 20.8 Å². The molecule has 0 fully saturated rings. The highest BCUT2D eigenvalue weighted by Gasteiger charge is 2.32. The molecule has 1 aromatic heterocycles. The summed E-state index contributed by atoms with van der Waals surface area (Å²) in [7, 11) is 0. The molecule has 0 aliphatic heterocycles. The van der Waals surface area contributed by atoms with Crippen molar-refractivity contribution in [3.8, 4) is 0 Å². The zero-order valence-electron chi connectivity index (χ0n) is 10.9. The van der Waals surface area contributed by atoms with Gasteiger partial charge in [-0.05, 0) is 5.41 Å². The van der Waals surface area contributed by atoms with Gasteiger partial charge in [0.05, 0.1) is 6.33 Å². The molecule has 0 spiro atoms. The Balaban J connectivity index is 2.49. The topological polar surface area (TPSA) is 84.2 Å². The van der Waals surface area contributed by atoms with Crippen LogP contribution in [-0.2, 0) is 16.1 Å². The van der Waals surface area contributed by atoms with E-state index in [4.69, 9.17) is 5.11 Å². The van der Waals surface area contributed by atoms with Gasteiger partial charge in [0.1, 0.15) is 6.04 Å². The van der Waals surface area contributed by atoms with Crippen LogP contribution in [0.1, 0.15) is 27.2 Å². The summed E-state index contributed by atoms with van der Waals surface area (Å²) in [5.41, 5.74) is -0.517. The van der Waals surface area contributed by atoms with Gasteiger partial charge in [0.2, 0.25) is 5.91 Å². The van der Waals surface area contributed by atoms with E-state index >= 15 is 0 Å². The normalized spacial score (nSPS) is 13.1. The van der Waals surface area contributed by atoms with Gasteiger partial charge in [0.15, 0.2) is 0 Å². The molecule has 2 N–H and O–H groups in total. The van der Waals surface area contributed by atoms with Crippen LogP contribution in [0, 0.1) is 5.41 Å². The molecular weight excluding hydrogens is 234 g/mol. The van der Waals surface area contributed by atoms with Crippen molar-refractivity contribution in [2.45, 2.75) is 39.8 Å². The van der Waals surface area contributed by atoms with E-state index in [9.17, 15) is 9.59 Å². The van der Waals surface area contributed by atoms with E-state index < -0.39 is 17.4 Å². The first-order valence-corrected chi connectivity index (χ1v) is 5.78. The molecule has 1 aromatic rings. The molecular formula is C12H19N3O3. The zero-order chi connectivity index (χ0) is 13.8. The lowest BCUT2D eigenvalue weighted by atomic mass is 9.86. The van der Waals surface area contributed by atoms with Crippen LogP contribution in [0.25, 0.3) is 0 Å². The second kappa shape index (κ2) is 5.66. The summed E-state index contributed by atoms with van der Waals surface area (Å²) in [6, 6.07) is -0.882. The maximum Gasteiger partial charge on any atom is 0.326 e. The maximum atomic E-state index is 11.7. The molecule has 1 amide bonds. The lowest BCUT2D eigenvalue weighted by Gasteiger charge is -2.27. The number of carbonyl (C=O) groups excluding carboxylic acids is 1. The van der Waals surface area contributed by atoms with Crippen LogP contribution >= 0.6 is 0 Å². The Labute approximate surface area is 106 Å². The number of nitrogens with one attached hydrogen (secondary N) is 1. The first-order chi connectivity index (χ1) is 8.30. The number of carbonyl (C=O) groups is 2. The van der Waals surface area contributed by atoms with E-state index in [0.717, 1.165) is 0 Å². The van der Waals surface area contributed by atoms with Crippen molar-refractivity contribution in [2.24, 2.45) is 5.41 Å². The van der Waals surface area contributed by atoms with E-state index in [-0.39, 0.29) is 12.3 Å². The zero-order valence-corrected chi connectivity index (χ0v) is 10.9. The van der Waals surface area contributed by atoms with E-state index in [1.807, 2.05) is 0 Å². The van der Waals surface area contributed by atoms with Gasteiger partial charge >= 0.3 is 5.97 Å². The lowest BCUT2D eigenvalue weighted by molar-refractivity contribution is -0.145. The number of carboxylic acid groups (broad SMARTS) is 1. The van der Waals surface area contributed by atoms with Gasteiger partial charge in [0, 0.05) is 25.4 Å². The molecule has 0 saturated carbocycles. The molecule has 18 heavy (non-hydrogen) atoms. The summed E-state index contributed by atoms with van der Waals surface area (Å²) in [4.78, 5) is 26.6. The summed E-state index contributed by atoms with van der Waals surface area (Å²) < 4.78 is 1.77. The maximum absolute atomic E-state index is 11.7. The molecule has 1 rings (SSSR count). The van der Waals surface area contributed by atoms with Gasteiger partial charge in [-0.25, -0.2) is 9.78 Å². The number of aliphatic carboxylic acids is 1. The van der Waals surface area contributed by atoms with Gasteiger partial charge in [0.25, 0.3) is 0 Å². The molecule has 0 unspecified atom stereocenters. The number of rotatable bonds is 5. The van der Waals surface area contributed by atoms with Gasteiger partial charge in [-0.3, -0.25) is 4.79 Å².